The molecule has 0 aliphatic carbocycles. The Morgan fingerprint density at radius 2 is 2.00 bits per heavy atom. The molecule has 0 bridgehead atoms. The Hall–Kier alpha value is -3.36. The third-order valence-electron chi connectivity index (χ3n) is 3.89. The maximum Gasteiger partial charge on any atom is 0.329 e. The Bertz CT molecular complexity index is 1060. The van der Waals surface area contributed by atoms with Gasteiger partial charge in [-0.15, -0.1) is 0 Å². The van der Waals surface area contributed by atoms with Crippen molar-refractivity contribution in [3.05, 3.63) is 50.7 Å². The van der Waals surface area contributed by atoms with Crippen LogP contribution in [0.4, 0.5) is 5.95 Å². The van der Waals surface area contributed by atoms with Crippen LogP contribution in [-0.2, 0) is 13.6 Å². The van der Waals surface area contributed by atoms with Crippen molar-refractivity contribution in [2.24, 2.45) is 12.1 Å². The lowest BCUT2D eigenvalue weighted by atomic mass is 10.2. The Morgan fingerprint density at radius 3 is 2.65 bits per heavy atom. The van der Waals surface area contributed by atoms with E-state index in [2.05, 4.69) is 20.5 Å². The quantitative estimate of drug-likeness (QED) is 0.511. The molecule has 136 valence electrons. The van der Waals surface area contributed by atoms with Crippen molar-refractivity contribution in [3.8, 4) is 5.75 Å². The molecule has 0 saturated carbocycles. The number of benzene rings is 1. The molecular weight excluding hydrogens is 336 g/mol. The summed E-state index contributed by atoms with van der Waals surface area (Å²) in [6.45, 7) is 4.93. The summed E-state index contributed by atoms with van der Waals surface area (Å²) in [6, 6.07) is 7.49. The molecule has 2 aromatic heterocycles. The molecule has 9 heteroatoms. The molecule has 0 fully saturated rings. The van der Waals surface area contributed by atoms with Crippen LogP contribution < -0.4 is 21.4 Å². The van der Waals surface area contributed by atoms with Gasteiger partial charge in [-0.05, 0) is 43.7 Å². The third kappa shape index (κ3) is 3.23. The van der Waals surface area contributed by atoms with Crippen molar-refractivity contribution in [2.45, 2.75) is 20.4 Å². The Kier molecular flexibility index (Phi) is 4.87. The highest BCUT2D eigenvalue weighted by molar-refractivity contribution is 5.80. The monoisotopic (exact) mass is 356 g/mol. The number of hydrogen-bond donors (Lipinski definition) is 2. The lowest BCUT2D eigenvalue weighted by Gasteiger charge is -2.04. The van der Waals surface area contributed by atoms with Crippen molar-refractivity contribution in [1.29, 1.82) is 0 Å². The fourth-order valence-electron chi connectivity index (χ4n) is 2.61. The predicted molar refractivity (Wildman–Crippen MR) is 100 cm³/mol. The van der Waals surface area contributed by atoms with E-state index in [-0.39, 0.29) is 0 Å². The van der Waals surface area contributed by atoms with E-state index in [1.54, 1.807) is 17.8 Å². The summed E-state index contributed by atoms with van der Waals surface area (Å²) in [5.74, 6) is 1.18. The number of aromatic nitrogens is 4. The van der Waals surface area contributed by atoms with Crippen molar-refractivity contribution < 1.29 is 4.74 Å². The molecule has 3 rings (SSSR count). The lowest BCUT2D eigenvalue weighted by molar-refractivity contribution is 0.340. The minimum Gasteiger partial charge on any atom is -0.494 e. The van der Waals surface area contributed by atoms with Crippen LogP contribution in [0.1, 0.15) is 19.4 Å². The number of aryl methyl sites for hydroxylation is 2. The second-order valence-corrected chi connectivity index (χ2v) is 5.54. The Labute approximate surface area is 148 Å². The van der Waals surface area contributed by atoms with Gasteiger partial charge in [0, 0.05) is 13.6 Å². The summed E-state index contributed by atoms with van der Waals surface area (Å²) >= 11 is 0. The van der Waals surface area contributed by atoms with Crippen molar-refractivity contribution >= 4 is 23.3 Å². The summed E-state index contributed by atoms with van der Waals surface area (Å²) in [6.07, 6.45) is 1.64. The molecule has 26 heavy (non-hydrogen) atoms. The fraction of sp³-hybridized carbons (Fsp3) is 0.294. The average molecular weight is 356 g/mol. The highest BCUT2D eigenvalue weighted by atomic mass is 16.5. The zero-order chi connectivity index (χ0) is 18.7. The number of nitrogens with one attached hydrogen (secondary N) is 2. The van der Waals surface area contributed by atoms with E-state index in [4.69, 9.17) is 4.74 Å². The van der Waals surface area contributed by atoms with E-state index < -0.39 is 11.2 Å². The standard InChI is InChI=1S/C17H20N6O3/c1-4-23-13-14(22(3)17(25)20-15(13)24)19-16(23)21-18-10-11-6-8-12(9-7-11)26-5-2/h6-10H,4-5H2,1-3H3,(H,19,21)(H,20,24,25)/b18-10-. The third-order valence-corrected chi connectivity index (χ3v) is 3.89. The van der Waals surface area contributed by atoms with Gasteiger partial charge in [-0.3, -0.25) is 14.3 Å². The number of fused-ring (bicyclic) bond motifs is 1. The van der Waals surface area contributed by atoms with E-state index in [0.29, 0.717) is 30.3 Å². The number of H-pyrrole nitrogens is 1. The van der Waals surface area contributed by atoms with Gasteiger partial charge >= 0.3 is 5.69 Å². The van der Waals surface area contributed by atoms with Crippen molar-refractivity contribution in [3.63, 3.8) is 0 Å². The highest BCUT2D eigenvalue weighted by Gasteiger charge is 2.15. The van der Waals surface area contributed by atoms with Gasteiger partial charge in [0.2, 0.25) is 5.95 Å². The minimum absolute atomic E-state index is 0.305. The first-order chi connectivity index (χ1) is 12.5. The summed E-state index contributed by atoms with van der Waals surface area (Å²) < 4.78 is 8.36. The van der Waals surface area contributed by atoms with E-state index in [1.165, 1.54) is 4.57 Å². The van der Waals surface area contributed by atoms with E-state index >= 15 is 0 Å². The molecule has 2 N–H and O–H groups in total. The van der Waals surface area contributed by atoms with Gasteiger partial charge in [0.15, 0.2) is 11.2 Å². The molecular formula is C17H20N6O3. The van der Waals surface area contributed by atoms with E-state index in [0.717, 1.165) is 11.3 Å². The van der Waals surface area contributed by atoms with Crippen LogP contribution in [0, 0.1) is 0 Å². The number of imidazole rings is 1. The zero-order valence-electron chi connectivity index (χ0n) is 14.8. The smallest absolute Gasteiger partial charge is 0.329 e. The second-order valence-electron chi connectivity index (χ2n) is 5.54. The molecule has 0 unspecified atom stereocenters. The number of nitrogens with zero attached hydrogens (tertiary/aromatic N) is 4. The molecule has 3 aromatic rings. The highest BCUT2D eigenvalue weighted by Crippen LogP contribution is 2.15. The number of aromatic amines is 1. The van der Waals surface area contributed by atoms with Crippen LogP contribution in [0.5, 0.6) is 5.75 Å². The number of anilines is 1. The first-order valence-electron chi connectivity index (χ1n) is 8.26. The van der Waals surface area contributed by atoms with Crippen LogP contribution in [-0.4, -0.2) is 31.9 Å². The van der Waals surface area contributed by atoms with E-state index in [9.17, 15) is 9.59 Å². The van der Waals surface area contributed by atoms with Gasteiger partial charge in [0.25, 0.3) is 5.56 Å². The maximum absolute atomic E-state index is 12.1. The molecule has 2 heterocycles. The minimum atomic E-state index is -0.507. The number of rotatable bonds is 6. The summed E-state index contributed by atoms with van der Waals surface area (Å²) in [7, 11) is 1.56. The van der Waals surface area contributed by atoms with Crippen LogP contribution in [0.2, 0.25) is 0 Å². The molecule has 0 spiro atoms. The molecule has 0 aliphatic heterocycles. The lowest BCUT2D eigenvalue weighted by Crippen LogP contribution is -2.29. The first kappa shape index (κ1) is 17.5. The van der Waals surface area contributed by atoms with Gasteiger partial charge in [-0.25, -0.2) is 10.2 Å². The molecule has 0 saturated heterocycles. The SMILES string of the molecule is CCOc1ccc(/C=N\Nc2nc3c(c(=O)[nH]c(=O)n3C)n2CC)cc1. The number of ether oxygens (including phenoxy) is 1. The largest absolute Gasteiger partial charge is 0.494 e. The molecule has 0 amide bonds. The Morgan fingerprint density at radius 1 is 1.27 bits per heavy atom. The average Bonchev–Trinajstić information content (AvgIpc) is 3.01. The first-order valence-corrected chi connectivity index (χ1v) is 8.26. The van der Waals surface area contributed by atoms with Crippen LogP contribution in [0.25, 0.3) is 11.2 Å². The van der Waals surface area contributed by atoms with Crippen LogP contribution >= 0.6 is 0 Å². The number of hydrazone groups is 1. The normalized spacial score (nSPS) is 11.3. The molecule has 0 radical (unpaired) electrons. The molecule has 0 aliphatic rings. The zero-order valence-corrected chi connectivity index (χ0v) is 14.8. The van der Waals surface area contributed by atoms with Crippen molar-refractivity contribution in [2.75, 3.05) is 12.0 Å². The van der Waals surface area contributed by atoms with E-state index in [1.807, 2.05) is 38.1 Å². The second kappa shape index (κ2) is 7.26. The molecule has 0 atom stereocenters. The van der Waals surface area contributed by atoms with Crippen molar-refractivity contribution in [1.82, 2.24) is 19.1 Å². The van der Waals surface area contributed by atoms with Gasteiger partial charge in [0.1, 0.15) is 5.75 Å². The topological polar surface area (TPSA) is 106 Å². The molecule has 1 aromatic carbocycles. The maximum atomic E-state index is 12.1. The fourth-order valence-corrected chi connectivity index (χ4v) is 2.61. The van der Waals surface area contributed by atoms with Gasteiger partial charge in [0.05, 0.1) is 12.8 Å². The van der Waals surface area contributed by atoms with Gasteiger partial charge in [-0.2, -0.15) is 10.1 Å². The summed E-state index contributed by atoms with van der Waals surface area (Å²) in [5.41, 5.74) is 3.37. The number of hydrogen-bond acceptors (Lipinski definition) is 6. The van der Waals surface area contributed by atoms with Crippen LogP contribution in [0.15, 0.2) is 39.0 Å². The summed E-state index contributed by atoms with van der Waals surface area (Å²) in [4.78, 5) is 30.5. The Balaban J connectivity index is 1.89. The molecule has 9 nitrogen and oxygen atoms in total. The predicted octanol–water partition coefficient (Wildman–Crippen LogP) is 1.29. The summed E-state index contributed by atoms with van der Waals surface area (Å²) in [5, 5.41) is 4.17. The van der Waals surface area contributed by atoms with Gasteiger partial charge in [-0.1, -0.05) is 0 Å². The van der Waals surface area contributed by atoms with Crippen LogP contribution in [0.3, 0.4) is 0 Å². The van der Waals surface area contributed by atoms with Gasteiger partial charge < -0.3 is 9.30 Å².